The molecule has 0 bridgehead atoms. The van der Waals surface area contributed by atoms with Crippen molar-refractivity contribution in [3.63, 3.8) is 0 Å². The number of ether oxygens (including phenoxy) is 1. The van der Waals surface area contributed by atoms with Crippen molar-refractivity contribution in [2.75, 3.05) is 19.0 Å². The van der Waals surface area contributed by atoms with Gasteiger partial charge < -0.3 is 15.4 Å². The molecule has 0 saturated carbocycles. The van der Waals surface area contributed by atoms with E-state index < -0.39 is 0 Å². The van der Waals surface area contributed by atoms with Crippen molar-refractivity contribution in [2.45, 2.75) is 13.0 Å². The molecular weight excluding hydrogens is 296 g/mol. The van der Waals surface area contributed by atoms with E-state index in [2.05, 4.69) is 33.1 Å². The van der Waals surface area contributed by atoms with Gasteiger partial charge in [0.15, 0.2) is 0 Å². The third-order valence-electron chi connectivity index (χ3n) is 2.35. The predicted molar refractivity (Wildman–Crippen MR) is 77.0 cm³/mol. The zero-order valence-corrected chi connectivity index (χ0v) is 12.1. The molecule has 98 valence electrons. The van der Waals surface area contributed by atoms with E-state index in [0.29, 0.717) is 6.54 Å². The Hall–Kier alpha value is -1.49. The molecule has 0 unspecified atom stereocenters. The number of amides is 1. The Morgan fingerprint density at radius 2 is 2.33 bits per heavy atom. The van der Waals surface area contributed by atoms with E-state index in [9.17, 15) is 4.79 Å². The van der Waals surface area contributed by atoms with Crippen molar-refractivity contribution in [3.05, 3.63) is 35.3 Å². The van der Waals surface area contributed by atoms with Crippen molar-refractivity contribution in [3.8, 4) is 5.75 Å². The van der Waals surface area contributed by atoms with Crippen LogP contribution in [0.25, 0.3) is 0 Å². The van der Waals surface area contributed by atoms with E-state index in [4.69, 9.17) is 4.74 Å². The number of benzene rings is 1. The third kappa shape index (κ3) is 4.07. The standard InChI is InChI=1S/C13H17BrN2O2/c1-4-7-15-13(17)9(2)16-10-5-6-12(18-3)11(14)8-10/h4-6,8-9,16H,1,7H2,2-3H3,(H,15,17)/t9-/m1/s1. The number of carbonyl (C=O) groups is 1. The van der Waals surface area contributed by atoms with Crippen LogP contribution in [0.2, 0.25) is 0 Å². The highest BCUT2D eigenvalue weighted by Gasteiger charge is 2.12. The summed E-state index contributed by atoms with van der Waals surface area (Å²) in [5, 5.41) is 5.84. The Labute approximate surface area is 116 Å². The van der Waals surface area contributed by atoms with Gasteiger partial charge in [-0.15, -0.1) is 6.58 Å². The van der Waals surface area contributed by atoms with Crippen molar-refractivity contribution >= 4 is 27.5 Å². The molecule has 0 aliphatic carbocycles. The minimum absolute atomic E-state index is 0.0677. The lowest BCUT2D eigenvalue weighted by Gasteiger charge is -2.15. The van der Waals surface area contributed by atoms with E-state index in [1.54, 1.807) is 20.1 Å². The molecule has 1 aromatic carbocycles. The van der Waals surface area contributed by atoms with Crippen LogP contribution in [0.5, 0.6) is 5.75 Å². The fourth-order valence-electron chi connectivity index (χ4n) is 1.40. The Bertz CT molecular complexity index is 435. The maximum Gasteiger partial charge on any atom is 0.242 e. The molecule has 18 heavy (non-hydrogen) atoms. The fourth-order valence-corrected chi connectivity index (χ4v) is 1.94. The highest BCUT2D eigenvalue weighted by molar-refractivity contribution is 9.10. The van der Waals surface area contributed by atoms with E-state index in [0.717, 1.165) is 15.9 Å². The van der Waals surface area contributed by atoms with Crippen molar-refractivity contribution in [1.29, 1.82) is 0 Å². The molecular formula is C13H17BrN2O2. The lowest BCUT2D eigenvalue weighted by Crippen LogP contribution is -2.37. The van der Waals surface area contributed by atoms with Crippen molar-refractivity contribution in [1.82, 2.24) is 5.32 Å². The molecule has 0 radical (unpaired) electrons. The van der Waals surface area contributed by atoms with Crippen LogP contribution >= 0.6 is 15.9 Å². The van der Waals surface area contributed by atoms with E-state index in [-0.39, 0.29) is 11.9 Å². The minimum Gasteiger partial charge on any atom is -0.496 e. The Kier molecular flexibility index (Phi) is 5.71. The van der Waals surface area contributed by atoms with Gasteiger partial charge in [0.2, 0.25) is 5.91 Å². The first-order chi connectivity index (χ1) is 8.58. The first-order valence-electron chi connectivity index (χ1n) is 5.57. The smallest absolute Gasteiger partial charge is 0.242 e. The van der Waals surface area contributed by atoms with Gasteiger partial charge in [0.1, 0.15) is 11.8 Å². The molecule has 0 saturated heterocycles. The lowest BCUT2D eigenvalue weighted by molar-refractivity contribution is -0.121. The molecule has 5 heteroatoms. The van der Waals surface area contributed by atoms with E-state index in [1.165, 1.54) is 0 Å². The summed E-state index contributed by atoms with van der Waals surface area (Å²) < 4.78 is 5.98. The summed E-state index contributed by atoms with van der Waals surface area (Å²) in [4.78, 5) is 11.7. The summed E-state index contributed by atoms with van der Waals surface area (Å²) >= 11 is 3.40. The summed E-state index contributed by atoms with van der Waals surface area (Å²) in [6.07, 6.45) is 1.65. The maximum atomic E-state index is 11.7. The zero-order chi connectivity index (χ0) is 13.5. The maximum absolute atomic E-state index is 11.7. The molecule has 2 N–H and O–H groups in total. The number of carbonyl (C=O) groups excluding carboxylic acids is 1. The van der Waals surface area contributed by atoms with Crippen LogP contribution < -0.4 is 15.4 Å². The number of methoxy groups -OCH3 is 1. The number of nitrogens with one attached hydrogen (secondary N) is 2. The second-order valence-corrected chi connectivity index (χ2v) is 4.60. The normalized spacial score (nSPS) is 11.5. The molecule has 1 atom stereocenters. The second kappa shape index (κ2) is 7.06. The van der Waals surface area contributed by atoms with Crippen LogP contribution in [0.15, 0.2) is 35.3 Å². The monoisotopic (exact) mass is 312 g/mol. The topological polar surface area (TPSA) is 50.4 Å². The van der Waals surface area contributed by atoms with Gasteiger partial charge in [0, 0.05) is 12.2 Å². The van der Waals surface area contributed by atoms with Crippen LogP contribution in [0, 0.1) is 0 Å². The summed E-state index contributed by atoms with van der Waals surface area (Å²) in [6, 6.07) is 5.25. The summed E-state index contributed by atoms with van der Waals surface area (Å²) in [5.74, 6) is 0.686. The van der Waals surface area contributed by atoms with Crippen molar-refractivity contribution in [2.24, 2.45) is 0 Å². The molecule has 1 rings (SSSR count). The quantitative estimate of drug-likeness (QED) is 0.794. The van der Waals surface area contributed by atoms with Crippen LogP contribution in [-0.2, 0) is 4.79 Å². The average molecular weight is 313 g/mol. The number of hydrogen-bond donors (Lipinski definition) is 2. The number of hydrogen-bond acceptors (Lipinski definition) is 3. The molecule has 4 nitrogen and oxygen atoms in total. The second-order valence-electron chi connectivity index (χ2n) is 3.75. The molecule has 0 spiro atoms. The first-order valence-corrected chi connectivity index (χ1v) is 6.36. The van der Waals surface area contributed by atoms with Crippen LogP contribution in [0.4, 0.5) is 5.69 Å². The molecule has 0 aromatic heterocycles. The van der Waals surface area contributed by atoms with Crippen LogP contribution in [0.1, 0.15) is 6.92 Å². The summed E-state index contributed by atoms with van der Waals surface area (Å²) in [5.41, 5.74) is 0.851. The molecule has 0 heterocycles. The van der Waals surface area contributed by atoms with Gasteiger partial charge in [-0.3, -0.25) is 4.79 Å². The Balaban J connectivity index is 2.64. The highest BCUT2D eigenvalue weighted by atomic mass is 79.9. The van der Waals surface area contributed by atoms with Gasteiger partial charge in [-0.05, 0) is 41.1 Å². The molecule has 1 aromatic rings. The van der Waals surface area contributed by atoms with Gasteiger partial charge in [0.05, 0.1) is 11.6 Å². The number of halogens is 1. The average Bonchev–Trinajstić information content (AvgIpc) is 2.36. The summed E-state index contributed by atoms with van der Waals surface area (Å²) in [7, 11) is 1.61. The largest absolute Gasteiger partial charge is 0.496 e. The van der Waals surface area contributed by atoms with Gasteiger partial charge >= 0.3 is 0 Å². The Morgan fingerprint density at radius 3 is 2.89 bits per heavy atom. The van der Waals surface area contributed by atoms with Gasteiger partial charge in [0.25, 0.3) is 0 Å². The molecule has 0 aliphatic rings. The van der Waals surface area contributed by atoms with Crippen LogP contribution in [0.3, 0.4) is 0 Å². The number of rotatable bonds is 6. The molecule has 0 fully saturated rings. The van der Waals surface area contributed by atoms with Gasteiger partial charge in [-0.25, -0.2) is 0 Å². The zero-order valence-electron chi connectivity index (χ0n) is 10.5. The first kappa shape index (κ1) is 14.6. The Morgan fingerprint density at radius 1 is 1.61 bits per heavy atom. The SMILES string of the molecule is C=CCNC(=O)[C@@H](C)Nc1ccc(OC)c(Br)c1. The summed E-state index contributed by atoms with van der Waals surface area (Å²) in [6.45, 7) is 5.82. The predicted octanol–water partition coefficient (Wildman–Crippen LogP) is 2.56. The third-order valence-corrected chi connectivity index (χ3v) is 2.97. The fraction of sp³-hybridized carbons (Fsp3) is 0.308. The number of anilines is 1. The molecule has 1 amide bonds. The van der Waals surface area contributed by atoms with E-state index >= 15 is 0 Å². The molecule has 0 aliphatic heterocycles. The highest BCUT2D eigenvalue weighted by Crippen LogP contribution is 2.27. The van der Waals surface area contributed by atoms with Gasteiger partial charge in [-0.1, -0.05) is 6.08 Å². The van der Waals surface area contributed by atoms with Crippen LogP contribution in [-0.4, -0.2) is 25.6 Å². The van der Waals surface area contributed by atoms with Gasteiger partial charge in [-0.2, -0.15) is 0 Å². The lowest BCUT2D eigenvalue weighted by atomic mass is 10.2. The van der Waals surface area contributed by atoms with E-state index in [1.807, 2.05) is 18.2 Å². The van der Waals surface area contributed by atoms with Crippen molar-refractivity contribution < 1.29 is 9.53 Å². The minimum atomic E-state index is -0.315.